The van der Waals surface area contributed by atoms with Crippen LogP contribution in [-0.2, 0) is 15.0 Å². The van der Waals surface area contributed by atoms with Gasteiger partial charge < -0.3 is 10.2 Å². The van der Waals surface area contributed by atoms with Gasteiger partial charge in [-0.2, -0.15) is 0 Å². The quantitative estimate of drug-likeness (QED) is 0.895. The number of nitrogens with zero attached hydrogens (tertiary/aromatic N) is 3. The molecule has 1 aromatic heterocycles. The molecule has 0 unspecified atom stereocenters. The average molecular weight is 372 g/mol. The fraction of sp³-hybridized carbons (Fsp3) is 0.474. The van der Waals surface area contributed by atoms with Crippen molar-refractivity contribution >= 4 is 34.0 Å². The topological polar surface area (TPSA) is 75.2 Å². The van der Waals surface area contributed by atoms with Crippen LogP contribution < -0.4 is 10.2 Å². The first-order valence-corrected chi connectivity index (χ1v) is 9.50. The summed E-state index contributed by atoms with van der Waals surface area (Å²) in [6, 6.07) is 5.89. The molecule has 0 bridgehead atoms. The summed E-state index contributed by atoms with van der Waals surface area (Å²) in [5.74, 6) is -0.585. The molecule has 1 aromatic carbocycles. The molecule has 1 N–H and O–H groups in total. The van der Waals surface area contributed by atoms with Crippen molar-refractivity contribution in [3.63, 3.8) is 0 Å². The Morgan fingerprint density at radius 3 is 2.65 bits per heavy atom. The van der Waals surface area contributed by atoms with Crippen molar-refractivity contribution in [2.24, 2.45) is 5.92 Å². The summed E-state index contributed by atoms with van der Waals surface area (Å²) < 4.78 is 0. The first kappa shape index (κ1) is 18.5. The number of benzene rings is 1. The van der Waals surface area contributed by atoms with Crippen LogP contribution >= 0.6 is 11.3 Å². The van der Waals surface area contributed by atoms with Crippen molar-refractivity contribution in [3.8, 4) is 0 Å². The molecule has 0 saturated carbocycles. The minimum atomic E-state index is -0.385. The summed E-state index contributed by atoms with van der Waals surface area (Å²) in [5, 5.41) is 12.4. The van der Waals surface area contributed by atoms with E-state index in [1.807, 2.05) is 32.0 Å². The molecule has 3 rings (SSSR count). The Morgan fingerprint density at radius 1 is 1.27 bits per heavy atom. The van der Waals surface area contributed by atoms with Gasteiger partial charge in [-0.15, -0.1) is 10.2 Å². The lowest BCUT2D eigenvalue weighted by atomic mass is 9.98. The third-order valence-electron chi connectivity index (χ3n) is 4.66. The zero-order valence-electron chi connectivity index (χ0n) is 15.8. The Balaban J connectivity index is 1.71. The lowest BCUT2D eigenvalue weighted by molar-refractivity contribution is -0.122. The van der Waals surface area contributed by atoms with Crippen LogP contribution in [-0.4, -0.2) is 28.6 Å². The molecule has 7 heteroatoms. The lowest BCUT2D eigenvalue weighted by Gasteiger charge is -2.20. The van der Waals surface area contributed by atoms with Crippen molar-refractivity contribution in [1.82, 2.24) is 10.2 Å². The second kappa shape index (κ2) is 6.79. The van der Waals surface area contributed by atoms with Gasteiger partial charge in [0.05, 0.1) is 5.92 Å². The Hall–Kier alpha value is -2.28. The van der Waals surface area contributed by atoms with Crippen LogP contribution in [0.5, 0.6) is 0 Å². The Bertz CT molecular complexity index is 853. The summed E-state index contributed by atoms with van der Waals surface area (Å²) in [5.41, 5.74) is 2.98. The molecular weight excluding hydrogens is 348 g/mol. The molecule has 26 heavy (non-hydrogen) atoms. The Kier molecular flexibility index (Phi) is 4.84. The third-order valence-corrected chi connectivity index (χ3v) is 5.92. The van der Waals surface area contributed by atoms with E-state index in [0.717, 1.165) is 21.8 Å². The largest absolute Gasteiger partial charge is 0.311 e. The van der Waals surface area contributed by atoms with Crippen LogP contribution in [0.4, 0.5) is 10.8 Å². The number of amides is 2. The van der Waals surface area contributed by atoms with Crippen LogP contribution in [0.3, 0.4) is 0 Å². The zero-order chi connectivity index (χ0) is 19.1. The molecule has 6 nitrogen and oxygen atoms in total. The predicted molar refractivity (Wildman–Crippen MR) is 104 cm³/mol. The van der Waals surface area contributed by atoms with Crippen molar-refractivity contribution in [2.45, 2.75) is 46.5 Å². The number of carbonyl (C=O) groups is 2. The standard InChI is InChI=1S/C19H24N4O2S/c1-11-7-6-8-14(12(11)2)23-10-13(9-15(23)24)16(25)20-18-22-21-17(26-18)19(3,4)5/h6-8,13H,9-10H2,1-5H3,(H,20,22,25)/t13-/m0/s1. The molecule has 2 aromatic rings. The maximum absolute atomic E-state index is 12.6. The minimum Gasteiger partial charge on any atom is -0.311 e. The Morgan fingerprint density at radius 2 is 2.00 bits per heavy atom. The molecule has 2 heterocycles. The molecule has 1 saturated heterocycles. The fourth-order valence-corrected chi connectivity index (χ4v) is 3.73. The van der Waals surface area contributed by atoms with E-state index in [1.54, 1.807) is 4.90 Å². The van der Waals surface area contributed by atoms with E-state index in [0.29, 0.717) is 11.7 Å². The molecular formula is C19H24N4O2S. The molecule has 1 aliphatic heterocycles. The first-order valence-electron chi connectivity index (χ1n) is 8.68. The first-order chi connectivity index (χ1) is 12.2. The van der Waals surface area contributed by atoms with Crippen LogP contribution in [0.1, 0.15) is 43.3 Å². The summed E-state index contributed by atoms with van der Waals surface area (Å²) in [7, 11) is 0. The van der Waals surface area contributed by atoms with Gasteiger partial charge in [0.25, 0.3) is 0 Å². The van der Waals surface area contributed by atoms with Crippen LogP contribution in [0, 0.1) is 19.8 Å². The maximum Gasteiger partial charge on any atom is 0.231 e. The smallest absolute Gasteiger partial charge is 0.231 e. The maximum atomic E-state index is 12.6. The van der Waals surface area contributed by atoms with Gasteiger partial charge in [-0.1, -0.05) is 44.2 Å². The number of aryl methyl sites for hydroxylation is 1. The fourth-order valence-electron chi connectivity index (χ4n) is 2.93. The number of aromatic nitrogens is 2. The normalized spacial score (nSPS) is 17.7. The van der Waals surface area contributed by atoms with Crippen LogP contribution in [0.15, 0.2) is 18.2 Å². The highest BCUT2D eigenvalue weighted by atomic mass is 32.1. The van der Waals surface area contributed by atoms with Gasteiger partial charge in [-0.3, -0.25) is 9.59 Å². The summed E-state index contributed by atoms with van der Waals surface area (Å²) >= 11 is 1.38. The van der Waals surface area contributed by atoms with Gasteiger partial charge >= 0.3 is 0 Å². The highest BCUT2D eigenvalue weighted by Crippen LogP contribution is 2.31. The van der Waals surface area contributed by atoms with E-state index >= 15 is 0 Å². The summed E-state index contributed by atoms with van der Waals surface area (Å²) in [6.45, 7) is 10.6. The number of rotatable bonds is 3. The van der Waals surface area contributed by atoms with E-state index in [1.165, 1.54) is 11.3 Å². The SMILES string of the molecule is Cc1cccc(N2C[C@@H](C(=O)Nc3nnc(C(C)(C)C)s3)CC2=O)c1C. The van der Waals surface area contributed by atoms with Crippen LogP contribution in [0.25, 0.3) is 0 Å². The monoisotopic (exact) mass is 372 g/mol. The molecule has 138 valence electrons. The summed E-state index contributed by atoms with van der Waals surface area (Å²) in [6.07, 6.45) is 0.212. The molecule has 2 amide bonds. The second-order valence-corrected chi connectivity index (χ2v) is 8.75. The van der Waals surface area contributed by atoms with Gasteiger partial charge in [-0.05, 0) is 31.0 Å². The highest BCUT2D eigenvalue weighted by molar-refractivity contribution is 7.15. The minimum absolute atomic E-state index is 0.0218. The van der Waals surface area contributed by atoms with E-state index < -0.39 is 0 Å². The van der Waals surface area contributed by atoms with Gasteiger partial charge in [-0.25, -0.2) is 0 Å². The van der Waals surface area contributed by atoms with Gasteiger partial charge in [0.15, 0.2) is 0 Å². The van der Waals surface area contributed by atoms with E-state index in [4.69, 9.17) is 0 Å². The second-order valence-electron chi connectivity index (χ2n) is 7.78. The molecule has 0 radical (unpaired) electrons. The van der Waals surface area contributed by atoms with Crippen LogP contribution in [0.2, 0.25) is 0 Å². The highest BCUT2D eigenvalue weighted by Gasteiger charge is 2.36. The number of hydrogen-bond donors (Lipinski definition) is 1. The van der Waals surface area contributed by atoms with E-state index in [9.17, 15) is 9.59 Å². The van der Waals surface area contributed by atoms with Gasteiger partial charge in [0.1, 0.15) is 5.01 Å². The zero-order valence-corrected chi connectivity index (χ0v) is 16.6. The summed E-state index contributed by atoms with van der Waals surface area (Å²) in [4.78, 5) is 26.8. The lowest BCUT2D eigenvalue weighted by Crippen LogP contribution is -2.28. The molecule has 0 spiro atoms. The molecule has 1 fully saturated rings. The Labute approximate surface area is 157 Å². The average Bonchev–Trinajstić information content (AvgIpc) is 3.17. The van der Waals surface area contributed by atoms with Crippen molar-refractivity contribution < 1.29 is 9.59 Å². The number of hydrogen-bond acceptors (Lipinski definition) is 5. The number of carbonyl (C=O) groups excluding carboxylic acids is 2. The molecule has 0 aliphatic carbocycles. The van der Waals surface area contributed by atoms with Gasteiger partial charge in [0.2, 0.25) is 16.9 Å². The van der Waals surface area contributed by atoms with Crippen molar-refractivity contribution in [2.75, 3.05) is 16.8 Å². The third kappa shape index (κ3) is 3.62. The van der Waals surface area contributed by atoms with Crippen molar-refractivity contribution in [3.05, 3.63) is 34.3 Å². The predicted octanol–water partition coefficient (Wildman–Crippen LogP) is 3.44. The van der Waals surface area contributed by atoms with E-state index in [2.05, 4.69) is 36.3 Å². The number of anilines is 2. The van der Waals surface area contributed by atoms with E-state index in [-0.39, 0.29) is 29.6 Å². The molecule has 1 aliphatic rings. The number of nitrogens with one attached hydrogen (secondary N) is 1. The molecule has 1 atom stereocenters. The van der Waals surface area contributed by atoms with Crippen molar-refractivity contribution in [1.29, 1.82) is 0 Å². The van der Waals surface area contributed by atoms with Gasteiger partial charge in [0, 0.05) is 24.1 Å².